The fourth-order valence-electron chi connectivity index (χ4n) is 1.31. The minimum atomic E-state index is -5.98. The molecule has 0 amide bonds. The van der Waals surface area contributed by atoms with Gasteiger partial charge in [0.15, 0.2) is 0 Å². The van der Waals surface area contributed by atoms with E-state index in [9.17, 15) is 36.5 Å². The molecule has 4 nitrogen and oxygen atoms in total. The van der Waals surface area contributed by atoms with Crippen LogP contribution in [0.1, 0.15) is 11.6 Å². The molecule has 0 saturated carbocycles. The number of nitrogens with two attached hydrogens (primary N) is 1. The van der Waals surface area contributed by atoms with Crippen molar-refractivity contribution < 1.29 is 31.3 Å². The number of hydrogen-bond donors (Lipinski definition) is 1. The third kappa shape index (κ3) is 2.78. The fourth-order valence-corrected chi connectivity index (χ4v) is 1.31. The first-order valence-electron chi connectivity index (χ1n) is 4.62. The maximum atomic E-state index is 13.0. The SMILES string of the molecule is N[C@@H](c1ccc(F)cc1[N+](=O)[O-])C(F)(F)C(F)(F)F. The van der Waals surface area contributed by atoms with Gasteiger partial charge in [-0.15, -0.1) is 0 Å². The molecule has 0 aromatic heterocycles. The molecule has 1 aromatic rings. The molecule has 0 saturated heterocycles. The van der Waals surface area contributed by atoms with Crippen molar-refractivity contribution in [3.05, 3.63) is 39.7 Å². The van der Waals surface area contributed by atoms with Crippen molar-refractivity contribution in [2.45, 2.75) is 18.1 Å². The molecule has 0 aliphatic rings. The van der Waals surface area contributed by atoms with Gasteiger partial charge < -0.3 is 5.73 Å². The van der Waals surface area contributed by atoms with Crippen LogP contribution >= 0.6 is 0 Å². The predicted molar refractivity (Wildman–Crippen MR) is 51.0 cm³/mol. The van der Waals surface area contributed by atoms with E-state index < -0.39 is 40.1 Å². The lowest BCUT2D eigenvalue weighted by atomic mass is 9.99. The second-order valence-electron chi connectivity index (χ2n) is 3.56. The van der Waals surface area contributed by atoms with Crippen LogP contribution < -0.4 is 5.73 Å². The van der Waals surface area contributed by atoms with Crippen LogP contribution in [0.3, 0.4) is 0 Å². The summed E-state index contributed by atoms with van der Waals surface area (Å²) < 4.78 is 75.0. The van der Waals surface area contributed by atoms with Gasteiger partial charge >= 0.3 is 12.1 Å². The summed E-state index contributed by atoms with van der Waals surface area (Å²) in [6, 6.07) is -1.85. The van der Waals surface area contributed by atoms with Crippen LogP contribution in [0.5, 0.6) is 0 Å². The van der Waals surface area contributed by atoms with Crippen molar-refractivity contribution in [1.29, 1.82) is 0 Å². The van der Waals surface area contributed by atoms with Crippen molar-refractivity contribution in [1.82, 2.24) is 0 Å². The first kappa shape index (κ1) is 15.2. The summed E-state index contributed by atoms with van der Waals surface area (Å²) in [6.45, 7) is 0. The zero-order valence-corrected chi connectivity index (χ0v) is 8.92. The minimum Gasteiger partial charge on any atom is -0.318 e. The average molecular weight is 288 g/mol. The van der Waals surface area contributed by atoms with Crippen molar-refractivity contribution in [2.24, 2.45) is 5.73 Å². The number of alkyl halides is 5. The molecule has 0 aliphatic heterocycles. The van der Waals surface area contributed by atoms with Crippen LogP contribution in [0.25, 0.3) is 0 Å². The maximum absolute atomic E-state index is 13.0. The topological polar surface area (TPSA) is 69.2 Å². The third-order valence-electron chi connectivity index (χ3n) is 2.29. The maximum Gasteiger partial charge on any atom is 0.455 e. The van der Waals surface area contributed by atoms with Crippen LogP contribution in [0.15, 0.2) is 18.2 Å². The smallest absolute Gasteiger partial charge is 0.318 e. The van der Waals surface area contributed by atoms with Gasteiger partial charge in [0, 0.05) is 0 Å². The Morgan fingerprint density at radius 3 is 2.16 bits per heavy atom. The monoisotopic (exact) mass is 288 g/mol. The van der Waals surface area contributed by atoms with E-state index in [0.29, 0.717) is 12.1 Å². The zero-order chi connectivity index (χ0) is 15.0. The highest BCUT2D eigenvalue weighted by Gasteiger charge is 2.62. The molecule has 2 N–H and O–H groups in total. The van der Waals surface area contributed by atoms with Gasteiger partial charge in [0.1, 0.15) is 11.9 Å². The number of hydrogen-bond acceptors (Lipinski definition) is 3. The Morgan fingerprint density at radius 1 is 1.21 bits per heavy atom. The quantitative estimate of drug-likeness (QED) is 0.528. The van der Waals surface area contributed by atoms with Gasteiger partial charge in [0.2, 0.25) is 0 Å². The van der Waals surface area contributed by atoms with Gasteiger partial charge in [-0.3, -0.25) is 10.1 Å². The molecule has 0 bridgehead atoms. The van der Waals surface area contributed by atoms with E-state index in [4.69, 9.17) is 5.73 Å². The molecular weight excluding hydrogens is 282 g/mol. The van der Waals surface area contributed by atoms with Gasteiger partial charge in [-0.1, -0.05) is 0 Å². The highest BCUT2D eigenvalue weighted by atomic mass is 19.4. The standard InChI is InChI=1S/C9H6F6N2O2/c10-4-1-2-5(6(3-4)17(18)19)7(16)8(11,12)9(13,14)15/h1-3,7H,16H2/t7-/m0/s1. The highest BCUT2D eigenvalue weighted by Crippen LogP contribution is 2.45. The summed E-state index contributed by atoms with van der Waals surface area (Å²) in [5.41, 5.74) is 2.41. The largest absolute Gasteiger partial charge is 0.455 e. The fraction of sp³-hybridized carbons (Fsp3) is 0.333. The number of nitro benzene ring substituents is 1. The predicted octanol–water partition coefficient (Wildman–Crippen LogP) is 2.93. The number of benzene rings is 1. The Kier molecular flexibility index (Phi) is 3.75. The van der Waals surface area contributed by atoms with Crippen molar-refractivity contribution in [3.8, 4) is 0 Å². The van der Waals surface area contributed by atoms with Crippen LogP contribution in [0, 0.1) is 15.9 Å². The van der Waals surface area contributed by atoms with E-state index >= 15 is 0 Å². The lowest BCUT2D eigenvalue weighted by molar-refractivity contribution is -0.386. The molecule has 19 heavy (non-hydrogen) atoms. The Hall–Kier alpha value is -1.84. The van der Waals surface area contributed by atoms with Gasteiger partial charge in [-0.25, -0.2) is 4.39 Å². The molecule has 0 heterocycles. The van der Waals surface area contributed by atoms with E-state index in [2.05, 4.69) is 0 Å². The van der Waals surface area contributed by atoms with E-state index in [1.807, 2.05) is 0 Å². The third-order valence-corrected chi connectivity index (χ3v) is 2.29. The van der Waals surface area contributed by atoms with E-state index in [0.717, 1.165) is 0 Å². The van der Waals surface area contributed by atoms with E-state index in [1.165, 1.54) is 0 Å². The molecular formula is C9H6F6N2O2. The zero-order valence-electron chi connectivity index (χ0n) is 8.92. The van der Waals surface area contributed by atoms with Crippen LogP contribution in [0.2, 0.25) is 0 Å². The highest BCUT2D eigenvalue weighted by molar-refractivity contribution is 5.43. The molecule has 1 aromatic carbocycles. The van der Waals surface area contributed by atoms with Crippen molar-refractivity contribution in [2.75, 3.05) is 0 Å². The number of nitrogens with zero attached hydrogens (tertiary/aromatic N) is 1. The molecule has 0 aliphatic carbocycles. The Morgan fingerprint density at radius 2 is 1.74 bits per heavy atom. The Labute approximate surface area is 102 Å². The first-order valence-corrected chi connectivity index (χ1v) is 4.62. The molecule has 0 spiro atoms. The molecule has 106 valence electrons. The second kappa shape index (κ2) is 4.68. The minimum absolute atomic E-state index is 0.224. The summed E-state index contributed by atoms with van der Waals surface area (Å²) in [5.74, 6) is -6.53. The van der Waals surface area contributed by atoms with Crippen LogP contribution in [-0.4, -0.2) is 17.0 Å². The summed E-state index contributed by atoms with van der Waals surface area (Å²) in [6.07, 6.45) is -5.98. The van der Waals surface area contributed by atoms with Crippen molar-refractivity contribution >= 4 is 5.69 Å². The number of rotatable bonds is 3. The lowest BCUT2D eigenvalue weighted by Gasteiger charge is -2.25. The van der Waals surface area contributed by atoms with Gasteiger partial charge in [0.05, 0.1) is 16.6 Å². The van der Waals surface area contributed by atoms with Crippen molar-refractivity contribution in [3.63, 3.8) is 0 Å². The lowest BCUT2D eigenvalue weighted by Crippen LogP contribution is -2.46. The molecule has 0 fully saturated rings. The molecule has 0 radical (unpaired) electrons. The Bertz CT molecular complexity index is 502. The molecule has 10 heteroatoms. The first-order chi connectivity index (χ1) is 8.48. The Balaban J connectivity index is 3.35. The summed E-state index contributed by atoms with van der Waals surface area (Å²) in [4.78, 5) is 9.23. The van der Waals surface area contributed by atoms with Crippen LogP contribution in [0.4, 0.5) is 32.0 Å². The normalized spacial score (nSPS) is 14.3. The van der Waals surface area contributed by atoms with Gasteiger partial charge in [-0.2, -0.15) is 22.0 Å². The second-order valence-corrected chi connectivity index (χ2v) is 3.56. The number of nitro groups is 1. The molecule has 1 atom stereocenters. The summed E-state index contributed by atoms with van der Waals surface area (Å²) in [7, 11) is 0. The van der Waals surface area contributed by atoms with Gasteiger partial charge in [0.25, 0.3) is 5.69 Å². The van der Waals surface area contributed by atoms with E-state index in [1.54, 1.807) is 0 Å². The van der Waals surface area contributed by atoms with Gasteiger partial charge in [-0.05, 0) is 12.1 Å². The number of halogens is 6. The average Bonchev–Trinajstić information content (AvgIpc) is 2.26. The van der Waals surface area contributed by atoms with Crippen LogP contribution in [-0.2, 0) is 0 Å². The summed E-state index contributed by atoms with van der Waals surface area (Å²) in [5, 5.41) is 10.5. The molecule has 0 unspecified atom stereocenters. The summed E-state index contributed by atoms with van der Waals surface area (Å²) >= 11 is 0. The molecule has 1 rings (SSSR count). The van der Waals surface area contributed by atoms with E-state index in [-0.39, 0.29) is 6.07 Å².